The summed E-state index contributed by atoms with van der Waals surface area (Å²) in [6.07, 6.45) is 4.02. The maximum absolute atomic E-state index is 15.9. The van der Waals surface area contributed by atoms with Crippen LogP contribution in [0.1, 0.15) is 19.4 Å². The highest BCUT2D eigenvalue weighted by atomic mass is 19.1. The normalized spacial score (nSPS) is 17.0. The molecule has 0 amide bonds. The fraction of sp³-hybridized carbons (Fsp3) is 0.231. The van der Waals surface area contributed by atoms with Crippen LogP contribution >= 0.6 is 0 Å². The topological polar surface area (TPSA) is 116 Å². The Balaban J connectivity index is 1.30. The van der Waals surface area contributed by atoms with Crippen LogP contribution < -0.4 is 20.7 Å². The van der Waals surface area contributed by atoms with Crippen molar-refractivity contribution in [2.24, 2.45) is 0 Å². The molecule has 1 atom stereocenters. The Labute approximate surface area is 211 Å². The summed E-state index contributed by atoms with van der Waals surface area (Å²) in [5.74, 6) is 0.957. The smallest absolute Gasteiger partial charge is 0.208 e. The minimum absolute atomic E-state index is 0.385. The highest BCUT2D eigenvalue weighted by molar-refractivity contribution is 5.90. The van der Waals surface area contributed by atoms with Crippen LogP contribution in [0.2, 0.25) is 0 Å². The molecule has 0 radical (unpaired) electrons. The van der Waals surface area contributed by atoms with E-state index in [0.29, 0.717) is 40.8 Å². The molecule has 1 fully saturated rings. The van der Waals surface area contributed by atoms with Crippen molar-refractivity contribution in [1.29, 1.82) is 0 Å². The molecule has 3 aromatic heterocycles. The third kappa shape index (κ3) is 4.02. The van der Waals surface area contributed by atoms with Crippen LogP contribution in [0.4, 0.5) is 21.6 Å². The minimum atomic E-state index is -0.616. The van der Waals surface area contributed by atoms with E-state index >= 15 is 4.39 Å². The van der Waals surface area contributed by atoms with Crippen LogP contribution in [-0.2, 0) is 4.74 Å². The van der Waals surface area contributed by atoms with Gasteiger partial charge in [0.15, 0.2) is 11.5 Å². The molecule has 1 unspecified atom stereocenters. The number of nitrogens with one attached hydrogen (secondary N) is 1. The zero-order valence-electron chi connectivity index (χ0n) is 20.5. The average molecular weight is 501 g/mol. The summed E-state index contributed by atoms with van der Waals surface area (Å²) in [6.45, 7) is 6.11. The molecule has 1 saturated heterocycles. The van der Waals surface area contributed by atoms with Crippen molar-refractivity contribution in [1.82, 2.24) is 24.6 Å². The fourth-order valence-electron chi connectivity index (χ4n) is 4.55. The number of nitrogens with zero attached hydrogens (tertiary/aromatic N) is 6. The Morgan fingerprint density at radius 3 is 2.84 bits per heavy atom. The summed E-state index contributed by atoms with van der Waals surface area (Å²) >= 11 is 0. The van der Waals surface area contributed by atoms with Gasteiger partial charge in [0, 0.05) is 28.9 Å². The first kappa shape index (κ1) is 22.9. The molecule has 1 aliphatic rings. The van der Waals surface area contributed by atoms with Gasteiger partial charge in [-0.3, -0.25) is 0 Å². The number of rotatable bonds is 5. The third-order valence-electron chi connectivity index (χ3n) is 6.49. The van der Waals surface area contributed by atoms with Crippen molar-refractivity contribution in [3.63, 3.8) is 0 Å². The molecule has 0 aliphatic carbocycles. The van der Waals surface area contributed by atoms with E-state index in [1.165, 1.54) is 12.7 Å². The molecule has 10 nitrogen and oxygen atoms in total. The summed E-state index contributed by atoms with van der Waals surface area (Å²) in [4.78, 5) is 14.4. The van der Waals surface area contributed by atoms with Crippen LogP contribution in [0.15, 0.2) is 61.3 Å². The molecular formula is C26H25FN8O2. The first-order valence-corrected chi connectivity index (χ1v) is 11.7. The van der Waals surface area contributed by atoms with E-state index in [4.69, 9.17) is 15.2 Å². The minimum Gasteiger partial charge on any atom is -0.457 e. The monoisotopic (exact) mass is 500 g/mol. The number of hydrogen-bond donors (Lipinski definition) is 2. The van der Waals surface area contributed by atoms with Crippen molar-refractivity contribution in [3.8, 4) is 11.5 Å². The van der Waals surface area contributed by atoms with Gasteiger partial charge in [-0.25, -0.2) is 23.9 Å². The molecule has 0 saturated carbocycles. The molecular weight excluding hydrogens is 475 g/mol. The molecule has 0 bridgehead atoms. The number of hydrogen-bond acceptors (Lipinski definition) is 9. The molecule has 0 spiro atoms. The number of pyridine rings is 1. The van der Waals surface area contributed by atoms with Gasteiger partial charge in [-0.2, -0.15) is 5.10 Å². The SMILES string of the molecule is Cc1c(Oc2ccn3ncnc3c2)ccc(N2C(Nc3ccc4ncnc(N)c4c3)OCC2(C)C)c1F. The van der Waals surface area contributed by atoms with Crippen molar-refractivity contribution >= 4 is 33.7 Å². The number of fused-ring (bicyclic) bond motifs is 2. The molecule has 37 heavy (non-hydrogen) atoms. The number of halogens is 1. The zero-order valence-corrected chi connectivity index (χ0v) is 20.5. The highest BCUT2D eigenvalue weighted by Crippen LogP contribution is 2.39. The van der Waals surface area contributed by atoms with Gasteiger partial charge < -0.3 is 25.4 Å². The fourth-order valence-corrected chi connectivity index (χ4v) is 4.55. The quantitative estimate of drug-likeness (QED) is 0.360. The molecule has 2 aromatic carbocycles. The summed E-state index contributed by atoms with van der Waals surface area (Å²) in [5.41, 5.74) is 8.47. The Hall–Kier alpha value is -4.51. The largest absolute Gasteiger partial charge is 0.457 e. The summed E-state index contributed by atoms with van der Waals surface area (Å²) in [5, 5.41) is 8.16. The van der Waals surface area contributed by atoms with Gasteiger partial charge in [0.1, 0.15) is 30.0 Å². The lowest BCUT2D eigenvalue weighted by molar-refractivity contribution is 0.125. The van der Waals surface area contributed by atoms with Gasteiger partial charge in [0.25, 0.3) is 0 Å². The van der Waals surface area contributed by atoms with Gasteiger partial charge >= 0.3 is 0 Å². The second-order valence-electron chi connectivity index (χ2n) is 9.53. The van der Waals surface area contributed by atoms with Gasteiger partial charge in [0.2, 0.25) is 6.35 Å². The predicted molar refractivity (Wildman–Crippen MR) is 138 cm³/mol. The lowest BCUT2D eigenvalue weighted by Crippen LogP contribution is -2.48. The number of anilines is 3. The van der Waals surface area contributed by atoms with Crippen LogP contribution in [0.5, 0.6) is 11.5 Å². The van der Waals surface area contributed by atoms with Gasteiger partial charge in [-0.1, -0.05) is 0 Å². The lowest BCUT2D eigenvalue weighted by atomic mass is 10.0. The predicted octanol–water partition coefficient (Wildman–Crippen LogP) is 4.51. The average Bonchev–Trinajstić information content (AvgIpc) is 3.46. The molecule has 6 rings (SSSR count). The van der Waals surface area contributed by atoms with Crippen LogP contribution in [0, 0.1) is 12.7 Å². The molecule has 1 aliphatic heterocycles. The third-order valence-corrected chi connectivity index (χ3v) is 6.49. The van der Waals surface area contributed by atoms with Crippen molar-refractivity contribution < 1.29 is 13.9 Å². The lowest BCUT2D eigenvalue weighted by Gasteiger charge is -2.36. The summed E-state index contributed by atoms with van der Waals surface area (Å²) < 4.78 is 29.6. The van der Waals surface area contributed by atoms with Crippen LogP contribution in [0.25, 0.3) is 16.6 Å². The highest BCUT2D eigenvalue weighted by Gasteiger charge is 2.42. The van der Waals surface area contributed by atoms with E-state index in [2.05, 4.69) is 25.4 Å². The maximum Gasteiger partial charge on any atom is 0.208 e. The molecule has 4 heterocycles. The first-order chi connectivity index (χ1) is 17.8. The Bertz CT molecular complexity index is 1640. The molecule has 3 N–H and O–H groups in total. The number of benzene rings is 2. The Morgan fingerprint density at radius 2 is 1.97 bits per heavy atom. The Kier molecular flexibility index (Phi) is 5.30. The van der Waals surface area contributed by atoms with Crippen LogP contribution in [0.3, 0.4) is 0 Å². The van der Waals surface area contributed by atoms with E-state index in [1.54, 1.807) is 41.9 Å². The van der Waals surface area contributed by atoms with E-state index in [1.807, 2.05) is 36.9 Å². The number of ether oxygens (including phenoxy) is 2. The van der Waals surface area contributed by atoms with Crippen molar-refractivity contribution in [2.75, 3.05) is 22.6 Å². The summed E-state index contributed by atoms with van der Waals surface area (Å²) in [6, 6.07) is 12.6. The van der Waals surface area contributed by atoms with E-state index < -0.39 is 11.9 Å². The molecule has 11 heteroatoms. The van der Waals surface area contributed by atoms with Crippen LogP contribution in [-0.4, -0.2) is 43.1 Å². The second-order valence-corrected chi connectivity index (χ2v) is 9.53. The number of nitrogen functional groups attached to an aromatic ring is 1. The van der Waals surface area contributed by atoms with Crippen molar-refractivity contribution in [3.05, 3.63) is 72.7 Å². The summed E-state index contributed by atoms with van der Waals surface area (Å²) in [7, 11) is 0. The zero-order chi connectivity index (χ0) is 25.7. The van der Waals surface area contributed by atoms with E-state index in [9.17, 15) is 0 Å². The number of nitrogens with two attached hydrogens (primary N) is 1. The first-order valence-electron chi connectivity index (χ1n) is 11.7. The second kappa shape index (κ2) is 8.56. The molecule has 5 aromatic rings. The Morgan fingerprint density at radius 1 is 1.11 bits per heavy atom. The van der Waals surface area contributed by atoms with Crippen molar-refractivity contribution in [2.45, 2.75) is 32.7 Å². The van der Waals surface area contributed by atoms with Gasteiger partial charge in [-0.15, -0.1) is 0 Å². The number of aromatic nitrogens is 5. The van der Waals surface area contributed by atoms with Gasteiger partial charge in [-0.05, 0) is 57.2 Å². The maximum atomic E-state index is 15.9. The van der Waals surface area contributed by atoms with Gasteiger partial charge in [0.05, 0.1) is 23.3 Å². The molecule has 188 valence electrons. The standard InChI is InChI=1S/C26H25FN8O2/c1-15-21(37-17-8-9-34-22(11-17)30-14-32-34)7-6-20(23(15)27)35-25(36-12-26(35,2)3)33-16-4-5-19-18(10-16)24(28)31-13-29-19/h4-11,13-14,25,33H,12H2,1-3H3,(H2,28,29,31). The van der Waals surface area contributed by atoms with E-state index in [0.717, 1.165) is 16.6 Å². The van der Waals surface area contributed by atoms with E-state index in [-0.39, 0.29) is 5.82 Å².